The van der Waals surface area contributed by atoms with Gasteiger partial charge in [-0.05, 0) is 118 Å². The molecule has 0 aromatic heterocycles. The van der Waals surface area contributed by atoms with E-state index in [1.165, 1.54) is 58.7 Å². The number of methoxy groups -OCH3 is 2. The van der Waals surface area contributed by atoms with E-state index in [2.05, 4.69) is 72.8 Å². The molecule has 6 heteroatoms. The summed E-state index contributed by atoms with van der Waals surface area (Å²) in [5, 5.41) is 23.1. The Balaban J connectivity index is 0.000000154. The van der Waals surface area contributed by atoms with E-state index in [0.717, 1.165) is 47.9 Å². The van der Waals surface area contributed by atoms with Crippen LogP contribution in [0.2, 0.25) is 0 Å². The third-order valence-corrected chi connectivity index (χ3v) is 13.4. The Hall–Kier alpha value is -6.34. The van der Waals surface area contributed by atoms with Crippen LogP contribution in [0.1, 0.15) is 88.6 Å². The summed E-state index contributed by atoms with van der Waals surface area (Å²) >= 11 is 0. The minimum absolute atomic E-state index is 0.335. The monoisotopic (exact) mass is 792 g/mol. The van der Waals surface area contributed by atoms with E-state index in [-0.39, 0.29) is 11.9 Å². The molecule has 4 aliphatic rings. The lowest BCUT2D eigenvalue weighted by atomic mass is 9.70. The van der Waals surface area contributed by atoms with E-state index in [0.29, 0.717) is 24.0 Å². The smallest absolute Gasteiger partial charge is 0.337 e. The van der Waals surface area contributed by atoms with Crippen molar-refractivity contribution in [1.82, 2.24) is 0 Å². The van der Waals surface area contributed by atoms with Crippen LogP contribution >= 0.6 is 0 Å². The Labute approximate surface area is 351 Å². The standard InChI is InChI=1S/2C27H24O3/c2*1-30-26(29)19-12-10-18(11-13-19)16-27(17-22-8-4-5-9-24(22)25(27)28)23-14-20-6-2-3-7-21(20)15-23/h2*2-14,25,28H,15-17H2,1H3/t25-,27+;25-,27-/m01/s1. The largest absolute Gasteiger partial charge is 0.465 e. The van der Waals surface area contributed by atoms with Crippen LogP contribution in [-0.2, 0) is 48.0 Å². The van der Waals surface area contributed by atoms with Gasteiger partial charge in [0.25, 0.3) is 0 Å². The molecular formula is C54H48O6. The van der Waals surface area contributed by atoms with E-state index in [1.54, 1.807) is 24.3 Å². The van der Waals surface area contributed by atoms with Crippen molar-refractivity contribution in [2.45, 2.75) is 50.7 Å². The average Bonchev–Trinajstić information content (AvgIpc) is 4.06. The number of benzene rings is 6. The van der Waals surface area contributed by atoms with E-state index < -0.39 is 23.0 Å². The van der Waals surface area contributed by atoms with E-state index in [4.69, 9.17) is 9.47 Å². The summed E-state index contributed by atoms with van der Waals surface area (Å²) in [7, 11) is 2.78. The molecular weight excluding hydrogens is 745 g/mol. The predicted octanol–water partition coefficient (Wildman–Crippen LogP) is 9.86. The van der Waals surface area contributed by atoms with Crippen molar-refractivity contribution >= 4 is 24.1 Å². The highest BCUT2D eigenvalue weighted by Crippen LogP contribution is 2.56. The summed E-state index contributed by atoms with van der Waals surface area (Å²) in [6, 6.07) is 48.5. The predicted molar refractivity (Wildman–Crippen MR) is 234 cm³/mol. The van der Waals surface area contributed by atoms with Gasteiger partial charge in [-0.15, -0.1) is 0 Å². The van der Waals surface area contributed by atoms with Gasteiger partial charge in [0.05, 0.1) is 37.6 Å². The zero-order chi connectivity index (χ0) is 41.4. The second kappa shape index (κ2) is 16.0. The summed E-state index contributed by atoms with van der Waals surface area (Å²) < 4.78 is 9.64. The molecule has 0 saturated carbocycles. The molecule has 0 heterocycles. The fourth-order valence-electron chi connectivity index (χ4n) is 10.2. The lowest BCUT2D eigenvalue weighted by Gasteiger charge is -2.35. The average molecular weight is 793 g/mol. The summed E-state index contributed by atoms with van der Waals surface area (Å²) in [4.78, 5) is 23.6. The third kappa shape index (κ3) is 7.00. The van der Waals surface area contributed by atoms with Crippen molar-refractivity contribution in [3.63, 3.8) is 0 Å². The van der Waals surface area contributed by atoms with Gasteiger partial charge in [-0.25, -0.2) is 9.59 Å². The molecule has 2 N–H and O–H groups in total. The van der Waals surface area contributed by atoms with Crippen LogP contribution in [0.5, 0.6) is 0 Å². The fraction of sp³-hybridized carbons (Fsp3) is 0.222. The first-order valence-electron chi connectivity index (χ1n) is 20.7. The summed E-state index contributed by atoms with van der Waals surface area (Å²) in [6.07, 6.45) is 8.19. The lowest BCUT2D eigenvalue weighted by molar-refractivity contribution is 0.0591. The fourth-order valence-corrected chi connectivity index (χ4v) is 10.2. The number of hydrogen-bond donors (Lipinski definition) is 2. The molecule has 6 aromatic carbocycles. The van der Waals surface area contributed by atoms with E-state index in [9.17, 15) is 19.8 Å². The Kier molecular flexibility index (Phi) is 10.5. The number of rotatable bonds is 8. The molecule has 10 rings (SSSR count). The number of esters is 2. The van der Waals surface area contributed by atoms with Crippen LogP contribution in [0.15, 0.2) is 157 Å². The van der Waals surface area contributed by atoms with Crippen molar-refractivity contribution in [3.8, 4) is 0 Å². The maximum atomic E-state index is 11.8. The number of fused-ring (bicyclic) bond motifs is 4. The molecule has 0 bridgehead atoms. The van der Waals surface area contributed by atoms with Crippen molar-refractivity contribution in [1.29, 1.82) is 0 Å². The maximum absolute atomic E-state index is 11.8. The first-order valence-corrected chi connectivity index (χ1v) is 20.7. The van der Waals surface area contributed by atoms with Gasteiger partial charge in [0.1, 0.15) is 0 Å². The molecule has 4 aliphatic carbocycles. The molecule has 0 amide bonds. The number of carbonyl (C=O) groups excluding carboxylic acids is 2. The van der Waals surface area contributed by atoms with Gasteiger partial charge in [0, 0.05) is 10.8 Å². The van der Waals surface area contributed by atoms with Crippen LogP contribution in [0, 0.1) is 10.8 Å². The van der Waals surface area contributed by atoms with Crippen LogP contribution in [0.4, 0.5) is 0 Å². The first-order chi connectivity index (χ1) is 29.2. The molecule has 4 atom stereocenters. The van der Waals surface area contributed by atoms with Crippen LogP contribution in [0.25, 0.3) is 12.2 Å². The van der Waals surface area contributed by atoms with E-state index in [1.807, 2.05) is 60.7 Å². The molecule has 0 spiro atoms. The zero-order valence-corrected chi connectivity index (χ0v) is 33.9. The van der Waals surface area contributed by atoms with Crippen molar-refractivity contribution < 1.29 is 29.3 Å². The van der Waals surface area contributed by atoms with Crippen LogP contribution in [0.3, 0.4) is 0 Å². The number of aliphatic hydroxyl groups excluding tert-OH is 2. The van der Waals surface area contributed by atoms with Crippen LogP contribution < -0.4 is 0 Å². The highest BCUT2D eigenvalue weighted by Gasteiger charge is 2.50. The Morgan fingerprint density at radius 2 is 0.850 bits per heavy atom. The Bertz CT molecular complexity index is 2470. The number of ether oxygens (including phenoxy) is 2. The molecule has 0 saturated heterocycles. The zero-order valence-electron chi connectivity index (χ0n) is 33.9. The summed E-state index contributed by atoms with van der Waals surface area (Å²) in [5.41, 5.74) is 14.7. The molecule has 6 aromatic rings. The summed E-state index contributed by atoms with van der Waals surface area (Å²) in [6.45, 7) is 0. The minimum Gasteiger partial charge on any atom is -0.465 e. The lowest BCUT2D eigenvalue weighted by Crippen LogP contribution is -2.31. The Morgan fingerprint density at radius 3 is 1.20 bits per heavy atom. The molecule has 0 radical (unpaired) electrons. The molecule has 60 heavy (non-hydrogen) atoms. The molecule has 0 unspecified atom stereocenters. The van der Waals surface area contributed by atoms with Gasteiger partial charge in [0.15, 0.2) is 0 Å². The maximum Gasteiger partial charge on any atom is 0.337 e. The van der Waals surface area contributed by atoms with Crippen molar-refractivity contribution in [2.75, 3.05) is 14.2 Å². The number of aliphatic hydroxyl groups is 2. The normalized spacial score (nSPS) is 21.7. The quantitative estimate of drug-likeness (QED) is 0.149. The van der Waals surface area contributed by atoms with Gasteiger partial charge in [-0.2, -0.15) is 0 Å². The van der Waals surface area contributed by atoms with Crippen molar-refractivity contribution in [3.05, 3.63) is 224 Å². The first kappa shape index (κ1) is 39.1. The topological polar surface area (TPSA) is 93.1 Å². The Morgan fingerprint density at radius 1 is 0.500 bits per heavy atom. The SMILES string of the molecule is COC(=O)c1ccc(C[C@]2(C3=Cc4ccccc4C3)Cc3ccccc3[C@@H]2O)cc1.COC(=O)c1ccc(C[C@]2(C3=Cc4ccccc4C3)Cc3ccccc3[C@H]2O)cc1. The van der Waals surface area contributed by atoms with E-state index >= 15 is 0 Å². The minimum atomic E-state index is -0.561. The van der Waals surface area contributed by atoms with Gasteiger partial charge < -0.3 is 19.7 Å². The van der Waals surface area contributed by atoms with Gasteiger partial charge in [-0.1, -0.05) is 145 Å². The molecule has 6 nitrogen and oxygen atoms in total. The third-order valence-electron chi connectivity index (χ3n) is 13.4. The second-order valence-corrected chi connectivity index (χ2v) is 16.7. The molecule has 0 fully saturated rings. The second-order valence-electron chi connectivity index (χ2n) is 16.7. The number of hydrogen-bond acceptors (Lipinski definition) is 6. The van der Waals surface area contributed by atoms with Gasteiger partial charge in [0.2, 0.25) is 0 Å². The van der Waals surface area contributed by atoms with Gasteiger partial charge >= 0.3 is 11.9 Å². The number of carbonyl (C=O) groups is 2. The van der Waals surface area contributed by atoms with Crippen molar-refractivity contribution in [2.24, 2.45) is 10.8 Å². The van der Waals surface area contributed by atoms with Crippen LogP contribution in [-0.4, -0.2) is 36.4 Å². The van der Waals surface area contributed by atoms with Gasteiger partial charge in [-0.3, -0.25) is 0 Å². The highest BCUT2D eigenvalue weighted by atomic mass is 16.5. The summed E-state index contributed by atoms with van der Waals surface area (Å²) in [5.74, 6) is -0.669. The molecule has 0 aliphatic heterocycles. The molecule has 300 valence electrons. The highest BCUT2D eigenvalue weighted by molar-refractivity contribution is 5.89.